The van der Waals surface area contributed by atoms with Crippen LogP contribution in [-0.4, -0.2) is 24.2 Å². The second-order valence-electron chi connectivity index (χ2n) is 6.23. The average Bonchev–Trinajstić information content (AvgIpc) is 2.35. The molecule has 0 heterocycles. The van der Waals surface area contributed by atoms with E-state index in [1.807, 2.05) is 0 Å². The van der Waals surface area contributed by atoms with Crippen molar-refractivity contribution >= 4 is 11.7 Å². The zero-order valence-corrected chi connectivity index (χ0v) is 12.9. The van der Waals surface area contributed by atoms with E-state index in [1.54, 1.807) is 25.3 Å². The van der Waals surface area contributed by atoms with Gasteiger partial charge in [0, 0.05) is 12.1 Å². The highest BCUT2D eigenvalue weighted by atomic mass is 16.5. The molecule has 0 fully saturated rings. The van der Waals surface area contributed by atoms with Crippen LogP contribution in [0.4, 0.5) is 5.69 Å². The first-order valence-corrected chi connectivity index (χ1v) is 6.81. The number of carbonyl (C=O) groups is 1. The van der Waals surface area contributed by atoms with Crippen molar-refractivity contribution in [1.82, 2.24) is 0 Å². The van der Waals surface area contributed by atoms with E-state index in [9.17, 15) is 4.79 Å². The Hall–Kier alpha value is -2.22. The zero-order chi connectivity index (χ0) is 16.0. The van der Waals surface area contributed by atoms with Crippen LogP contribution in [0.2, 0.25) is 0 Å². The summed E-state index contributed by atoms with van der Waals surface area (Å²) in [6, 6.07) is 6.94. The monoisotopic (exact) mass is 290 g/mol. The molecule has 1 unspecified atom stereocenters. The highest BCUT2D eigenvalue weighted by Gasteiger charge is 2.22. The highest BCUT2D eigenvalue weighted by molar-refractivity contribution is 5.69. The first-order chi connectivity index (χ1) is 9.75. The fourth-order valence-corrected chi connectivity index (χ4v) is 2.21. The second kappa shape index (κ2) is 6.98. The van der Waals surface area contributed by atoms with Crippen LogP contribution in [0.5, 0.6) is 5.75 Å². The molecule has 0 saturated heterocycles. The molecular formula is C16H22N2O3. The Balaban J connectivity index is 3.01. The van der Waals surface area contributed by atoms with Crippen molar-refractivity contribution in [3.8, 4) is 11.8 Å². The van der Waals surface area contributed by atoms with Crippen molar-refractivity contribution in [2.24, 2.45) is 5.41 Å². The van der Waals surface area contributed by atoms with Crippen molar-refractivity contribution in [3.63, 3.8) is 0 Å². The number of nitrogens with one attached hydrogen (secondary N) is 1. The van der Waals surface area contributed by atoms with E-state index in [2.05, 4.69) is 32.2 Å². The molecule has 0 aliphatic heterocycles. The maximum atomic E-state index is 11.0. The van der Waals surface area contributed by atoms with Gasteiger partial charge in [-0.05, 0) is 24.0 Å². The summed E-state index contributed by atoms with van der Waals surface area (Å²) in [5, 5.41) is 21.4. The van der Waals surface area contributed by atoms with Gasteiger partial charge in [0.2, 0.25) is 0 Å². The van der Waals surface area contributed by atoms with Crippen LogP contribution >= 0.6 is 0 Å². The van der Waals surface area contributed by atoms with E-state index >= 15 is 0 Å². The number of carboxylic acid groups (broad SMARTS) is 1. The van der Waals surface area contributed by atoms with Crippen LogP contribution in [-0.2, 0) is 4.79 Å². The molecule has 1 aromatic carbocycles. The van der Waals surface area contributed by atoms with E-state index < -0.39 is 5.97 Å². The van der Waals surface area contributed by atoms with Gasteiger partial charge in [0.15, 0.2) is 0 Å². The molecule has 1 atom stereocenters. The summed E-state index contributed by atoms with van der Waals surface area (Å²) < 4.78 is 5.15. The number of anilines is 1. The SMILES string of the molecule is COc1ccc(C#N)c(NC(CC(=O)O)CC(C)(C)C)c1. The predicted molar refractivity (Wildman–Crippen MR) is 81.4 cm³/mol. The van der Waals surface area contributed by atoms with Crippen molar-refractivity contribution in [2.75, 3.05) is 12.4 Å². The number of carboxylic acids is 1. The summed E-state index contributed by atoms with van der Waals surface area (Å²) in [6.07, 6.45) is 0.681. The number of nitriles is 1. The number of ether oxygens (including phenoxy) is 1. The quantitative estimate of drug-likeness (QED) is 0.840. The van der Waals surface area contributed by atoms with Crippen LogP contribution in [0.15, 0.2) is 18.2 Å². The molecule has 2 N–H and O–H groups in total. The summed E-state index contributed by atoms with van der Waals surface area (Å²) >= 11 is 0. The first kappa shape index (κ1) is 16.8. The number of nitrogens with zero attached hydrogens (tertiary/aromatic N) is 1. The van der Waals surface area contributed by atoms with Crippen LogP contribution in [0.3, 0.4) is 0 Å². The lowest BCUT2D eigenvalue weighted by Gasteiger charge is -2.27. The molecule has 0 saturated carbocycles. The van der Waals surface area contributed by atoms with Crippen LogP contribution in [0.25, 0.3) is 0 Å². The topological polar surface area (TPSA) is 82.3 Å². The fraction of sp³-hybridized carbons (Fsp3) is 0.500. The number of benzene rings is 1. The van der Waals surface area contributed by atoms with Gasteiger partial charge < -0.3 is 15.2 Å². The van der Waals surface area contributed by atoms with Crippen LogP contribution in [0, 0.1) is 16.7 Å². The third-order valence-corrected chi connectivity index (χ3v) is 2.99. The number of hydrogen-bond donors (Lipinski definition) is 2. The average molecular weight is 290 g/mol. The molecule has 5 heteroatoms. The molecule has 5 nitrogen and oxygen atoms in total. The fourth-order valence-electron chi connectivity index (χ4n) is 2.21. The molecule has 0 radical (unpaired) electrons. The third kappa shape index (κ3) is 5.74. The predicted octanol–water partition coefficient (Wildman–Crippen LogP) is 3.26. The van der Waals surface area contributed by atoms with E-state index in [4.69, 9.17) is 15.1 Å². The second-order valence-corrected chi connectivity index (χ2v) is 6.23. The van der Waals surface area contributed by atoms with Gasteiger partial charge in [-0.25, -0.2) is 0 Å². The molecular weight excluding hydrogens is 268 g/mol. The van der Waals surface area contributed by atoms with Gasteiger partial charge in [-0.1, -0.05) is 20.8 Å². The van der Waals surface area contributed by atoms with Gasteiger partial charge >= 0.3 is 5.97 Å². The lowest BCUT2D eigenvalue weighted by molar-refractivity contribution is -0.137. The Labute approximate surface area is 125 Å². The third-order valence-electron chi connectivity index (χ3n) is 2.99. The Bertz CT molecular complexity index is 541. The van der Waals surface area contributed by atoms with E-state index in [0.717, 1.165) is 0 Å². The lowest BCUT2D eigenvalue weighted by Crippen LogP contribution is -2.28. The summed E-state index contributed by atoms with van der Waals surface area (Å²) in [4.78, 5) is 11.0. The maximum Gasteiger partial charge on any atom is 0.305 e. The molecule has 0 aromatic heterocycles. The smallest absolute Gasteiger partial charge is 0.305 e. The van der Waals surface area contributed by atoms with E-state index in [1.165, 1.54) is 0 Å². The Kier molecular flexibility index (Phi) is 5.60. The van der Waals surface area contributed by atoms with Crippen molar-refractivity contribution in [2.45, 2.75) is 39.7 Å². The molecule has 21 heavy (non-hydrogen) atoms. The lowest BCUT2D eigenvalue weighted by atomic mass is 9.87. The maximum absolute atomic E-state index is 11.0. The number of aliphatic carboxylic acids is 1. The van der Waals surface area contributed by atoms with Crippen molar-refractivity contribution in [3.05, 3.63) is 23.8 Å². The molecule has 0 bridgehead atoms. The van der Waals surface area contributed by atoms with Gasteiger partial charge in [0.1, 0.15) is 11.8 Å². The molecule has 114 valence electrons. The Morgan fingerprint density at radius 2 is 2.14 bits per heavy atom. The van der Waals surface area contributed by atoms with Gasteiger partial charge in [0.25, 0.3) is 0 Å². The van der Waals surface area contributed by atoms with Crippen LogP contribution in [0.1, 0.15) is 39.2 Å². The normalized spacial score (nSPS) is 12.3. The molecule has 0 spiro atoms. The first-order valence-electron chi connectivity index (χ1n) is 6.81. The Morgan fingerprint density at radius 3 is 2.62 bits per heavy atom. The van der Waals surface area contributed by atoms with Crippen molar-refractivity contribution in [1.29, 1.82) is 5.26 Å². The summed E-state index contributed by atoms with van der Waals surface area (Å²) in [5.41, 5.74) is 1.06. The van der Waals surface area contributed by atoms with Gasteiger partial charge in [0.05, 0.1) is 24.8 Å². The van der Waals surface area contributed by atoms with E-state index in [0.29, 0.717) is 23.4 Å². The van der Waals surface area contributed by atoms with Gasteiger partial charge in [-0.2, -0.15) is 5.26 Å². The molecule has 0 aliphatic carbocycles. The Morgan fingerprint density at radius 1 is 1.48 bits per heavy atom. The molecule has 1 rings (SSSR count). The van der Waals surface area contributed by atoms with Gasteiger partial charge in [-0.15, -0.1) is 0 Å². The minimum absolute atomic E-state index is 0.000646. The zero-order valence-electron chi connectivity index (χ0n) is 12.9. The minimum atomic E-state index is -0.863. The van der Waals surface area contributed by atoms with Gasteiger partial charge in [-0.3, -0.25) is 4.79 Å². The largest absolute Gasteiger partial charge is 0.497 e. The summed E-state index contributed by atoms with van der Waals surface area (Å²) in [7, 11) is 1.55. The molecule has 1 aromatic rings. The van der Waals surface area contributed by atoms with Crippen LogP contribution < -0.4 is 10.1 Å². The number of methoxy groups -OCH3 is 1. The highest BCUT2D eigenvalue weighted by Crippen LogP contribution is 2.28. The molecule has 0 aliphatic rings. The van der Waals surface area contributed by atoms with Crippen molar-refractivity contribution < 1.29 is 14.6 Å². The summed E-state index contributed by atoms with van der Waals surface area (Å²) in [6.45, 7) is 6.17. The number of hydrogen-bond acceptors (Lipinski definition) is 4. The number of rotatable bonds is 6. The van der Waals surface area contributed by atoms with E-state index in [-0.39, 0.29) is 17.9 Å². The standard InChI is InChI=1S/C16H22N2O3/c1-16(2,3)9-12(7-15(19)20)18-14-8-13(21-4)6-5-11(14)10-17/h5-6,8,12,18H,7,9H2,1-4H3,(H,19,20). The summed E-state index contributed by atoms with van der Waals surface area (Å²) in [5.74, 6) is -0.237. The minimum Gasteiger partial charge on any atom is -0.497 e. The molecule has 0 amide bonds.